The number of rotatable bonds is 6. The number of nitrogens with zero attached hydrogens (tertiary/aromatic N) is 1. The van der Waals surface area contributed by atoms with Crippen LogP contribution in [0, 0.1) is 0 Å². The number of hydrogen-bond acceptors (Lipinski definition) is 3. The van der Waals surface area contributed by atoms with E-state index in [4.69, 9.17) is 5.73 Å². The van der Waals surface area contributed by atoms with E-state index in [1.807, 2.05) is 7.05 Å². The van der Waals surface area contributed by atoms with E-state index in [0.717, 1.165) is 19.5 Å². The van der Waals surface area contributed by atoms with Crippen LogP contribution in [0.2, 0.25) is 0 Å². The van der Waals surface area contributed by atoms with Crippen LogP contribution in [0.4, 0.5) is 0 Å². The molecule has 0 saturated carbocycles. The maximum atomic E-state index is 5.68. The molecule has 0 heterocycles. The second kappa shape index (κ2) is 6.58. The Hall–Kier alpha value is -0.120. The van der Waals surface area contributed by atoms with Crippen molar-refractivity contribution in [3.8, 4) is 0 Å². The molecule has 0 amide bonds. The molecule has 68 valence electrons. The summed E-state index contributed by atoms with van der Waals surface area (Å²) < 4.78 is 0. The van der Waals surface area contributed by atoms with Crippen molar-refractivity contribution < 1.29 is 0 Å². The smallest absolute Gasteiger partial charge is 0.0556 e. The summed E-state index contributed by atoms with van der Waals surface area (Å²) in [5, 5.41) is 3.01. The third kappa shape index (κ3) is 6.28. The Kier molecular flexibility index (Phi) is 6.51. The van der Waals surface area contributed by atoms with Crippen LogP contribution in [-0.4, -0.2) is 38.3 Å². The maximum Gasteiger partial charge on any atom is 0.0556 e. The minimum atomic E-state index is 0.148. The van der Waals surface area contributed by atoms with E-state index >= 15 is 0 Å². The first kappa shape index (κ1) is 10.9. The summed E-state index contributed by atoms with van der Waals surface area (Å²) in [6.45, 7) is 4.43. The van der Waals surface area contributed by atoms with Gasteiger partial charge in [0, 0.05) is 6.54 Å². The first-order valence-electron chi connectivity index (χ1n) is 4.32. The van der Waals surface area contributed by atoms with Gasteiger partial charge in [-0.25, -0.2) is 0 Å². The number of nitrogens with two attached hydrogens (primary N) is 1. The Balaban J connectivity index is 3.22. The molecule has 0 aromatic heterocycles. The van der Waals surface area contributed by atoms with E-state index in [2.05, 4.69) is 24.2 Å². The quantitative estimate of drug-likeness (QED) is 0.545. The van der Waals surface area contributed by atoms with Crippen LogP contribution in [0.1, 0.15) is 19.8 Å². The molecule has 0 fully saturated rings. The lowest BCUT2D eigenvalue weighted by atomic mass is 10.3. The van der Waals surface area contributed by atoms with E-state index < -0.39 is 0 Å². The van der Waals surface area contributed by atoms with Gasteiger partial charge in [-0.2, -0.15) is 0 Å². The molecular weight excluding hydrogens is 138 g/mol. The van der Waals surface area contributed by atoms with E-state index in [0.29, 0.717) is 0 Å². The maximum absolute atomic E-state index is 5.68. The highest BCUT2D eigenvalue weighted by molar-refractivity contribution is 4.58. The summed E-state index contributed by atoms with van der Waals surface area (Å²) in [4.78, 5) is 2.30. The third-order valence-corrected chi connectivity index (χ3v) is 1.80. The van der Waals surface area contributed by atoms with Gasteiger partial charge in [0.2, 0.25) is 0 Å². The number of hydrogen-bond donors (Lipinski definition) is 2. The van der Waals surface area contributed by atoms with Crippen molar-refractivity contribution in [1.29, 1.82) is 0 Å². The van der Waals surface area contributed by atoms with Gasteiger partial charge in [0.15, 0.2) is 0 Å². The summed E-state index contributed by atoms with van der Waals surface area (Å²) >= 11 is 0. The lowest BCUT2D eigenvalue weighted by Crippen LogP contribution is -2.37. The van der Waals surface area contributed by atoms with E-state index in [-0.39, 0.29) is 6.17 Å². The standard InChI is InChI=1S/C8H21N3/c1-4-6-11(3)7-5-8(9)10-2/h8,10H,4-7,9H2,1-3H3. The molecule has 1 unspecified atom stereocenters. The second-order valence-electron chi connectivity index (χ2n) is 2.99. The van der Waals surface area contributed by atoms with Crippen molar-refractivity contribution in [2.24, 2.45) is 5.73 Å². The molecule has 11 heavy (non-hydrogen) atoms. The van der Waals surface area contributed by atoms with E-state index in [9.17, 15) is 0 Å². The third-order valence-electron chi connectivity index (χ3n) is 1.80. The van der Waals surface area contributed by atoms with Crippen molar-refractivity contribution in [3.05, 3.63) is 0 Å². The van der Waals surface area contributed by atoms with Crippen molar-refractivity contribution in [2.45, 2.75) is 25.9 Å². The van der Waals surface area contributed by atoms with Gasteiger partial charge >= 0.3 is 0 Å². The van der Waals surface area contributed by atoms with Crippen LogP contribution < -0.4 is 11.1 Å². The predicted molar refractivity (Wildman–Crippen MR) is 49.4 cm³/mol. The molecule has 0 bridgehead atoms. The van der Waals surface area contributed by atoms with Gasteiger partial charge in [0.05, 0.1) is 6.17 Å². The Morgan fingerprint density at radius 1 is 1.45 bits per heavy atom. The van der Waals surface area contributed by atoms with Gasteiger partial charge in [-0.15, -0.1) is 0 Å². The Morgan fingerprint density at radius 3 is 2.55 bits per heavy atom. The molecule has 0 radical (unpaired) electrons. The minimum absolute atomic E-state index is 0.148. The van der Waals surface area contributed by atoms with Crippen LogP contribution in [0.3, 0.4) is 0 Å². The number of nitrogens with one attached hydrogen (secondary N) is 1. The zero-order valence-electron chi connectivity index (χ0n) is 7.93. The van der Waals surface area contributed by atoms with Crippen molar-refractivity contribution in [1.82, 2.24) is 10.2 Å². The van der Waals surface area contributed by atoms with Gasteiger partial charge < -0.3 is 16.0 Å². The molecule has 0 saturated heterocycles. The van der Waals surface area contributed by atoms with Crippen LogP contribution in [0.5, 0.6) is 0 Å². The Bertz CT molecular complexity index is 85.4. The molecule has 0 spiro atoms. The predicted octanol–water partition coefficient (Wildman–Crippen LogP) is 0.223. The Morgan fingerprint density at radius 2 is 2.09 bits per heavy atom. The first-order valence-corrected chi connectivity index (χ1v) is 4.32. The van der Waals surface area contributed by atoms with Gasteiger partial charge in [0.1, 0.15) is 0 Å². The van der Waals surface area contributed by atoms with Crippen LogP contribution in [0.25, 0.3) is 0 Å². The molecule has 0 aliphatic carbocycles. The monoisotopic (exact) mass is 159 g/mol. The summed E-state index contributed by atoms with van der Waals surface area (Å²) in [7, 11) is 4.02. The molecule has 0 aromatic rings. The van der Waals surface area contributed by atoms with Gasteiger partial charge in [0.25, 0.3) is 0 Å². The average Bonchev–Trinajstić information content (AvgIpc) is 2.01. The van der Waals surface area contributed by atoms with Crippen molar-refractivity contribution in [3.63, 3.8) is 0 Å². The fourth-order valence-electron chi connectivity index (χ4n) is 0.997. The molecule has 0 aromatic carbocycles. The topological polar surface area (TPSA) is 41.3 Å². The summed E-state index contributed by atoms with van der Waals surface area (Å²) in [6.07, 6.45) is 2.38. The highest BCUT2D eigenvalue weighted by Gasteiger charge is 2.00. The van der Waals surface area contributed by atoms with Crippen molar-refractivity contribution >= 4 is 0 Å². The van der Waals surface area contributed by atoms with Gasteiger partial charge in [-0.3, -0.25) is 0 Å². The fraction of sp³-hybridized carbons (Fsp3) is 1.00. The molecule has 1 atom stereocenters. The van der Waals surface area contributed by atoms with Gasteiger partial charge in [-0.05, 0) is 33.5 Å². The zero-order chi connectivity index (χ0) is 8.69. The van der Waals surface area contributed by atoms with E-state index in [1.54, 1.807) is 0 Å². The minimum Gasteiger partial charge on any atom is -0.316 e. The molecule has 3 nitrogen and oxygen atoms in total. The molecule has 0 rings (SSSR count). The van der Waals surface area contributed by atoms with Gasteiger partial charge in [-0.1, -0.05) is 6.92 Å². The lowest BCUT2D eigenvalue weighted by molar-refractivity contribution is 0.311. The Labute approximate surface area is 69.9 Å². The summed E-state index contributed by atoms with van der Waals surface area (Å²) in [5.74, 6) is 0. The normalized spacial score (nSPS) is 13.9. The first-order chi connectivity index (χ1) is 5.20. The molecular formula is C8H21N3. The fourth-order valence-corrected chi connectivity index (χ4v) is 0.997. The highest BCUT2D eigenvalue weighted by atomic mass is 15.1. The molecule has 3 heteroatoms. The van der Waals surface area contributed by atoms with E-state index in [1.165, 1.54) is 6.42 Å². The lowest BCUT2D eigenvalue weighted by Gasteiger charge is -2.17. The summed E-state index contributed by atoms with van der Waals surface area (Å²) in [6, 6.07) is 0. The zero-order valence-corrected chi connectivity index (χ0v) is 7.93. The SMILES string of the molecule is CCCN(C)CCC(N)NC. The highest BCUT2D eigenvalue weighted by Crippen LogP contribution is 1.90. The second-order valence-corrected chi connectivity index (χ2v) is 2.99. The van der Waals surface area contributed by atoms with Crippen molar-refractivity contribution in [2.75, 3.05) is 27.2 Å². The summed E-state index contributed by atoms with van der Waals surface area (Å²) in [5.41, 5.74) is 5.68. The molecule has 0 aliphatic heterocycles. The largest absolute Gasteiger partial charge is 0.316 e. The van der Waals surface area contributed by atoms with Crippen LogP contribution in [0.15, 0.2) is 0 Å². The van der Waals surface area contributed by atoms with Crippen LogP contribution in [-0.2, 0) is 0 Å². The van der Waals surface area contributed by atoms with Crippen LogP contribution >= 0.6 is 0 Å². The molecule has 3 N–H and O–H groups in total. The molecule has 0 aliphatic rings. The average molecular weight is 159 g/mol.